The highest BCUT2D eigenvalue weighted by atomic mass is 16.6. The smallest absolute Gasteiger partial charge is 0.306 e. The largest absolute Gasteiger partial charge is 0.462 e. The summed E-state index contributed by atoms with van der Waals surface area (Å²) in [7, 11) is 0. The van der Waals surface area contributed by atoms with Gasteiger partial charge in [-0.1, -0.05) is 273 Å². The van der Waals surface area contributed by atoms with Gasteiger partial charge in [0.05, 0.1) is 0 Å². The fraction of sp³-hybridized carbons (Fsp3) is 0.762. The van der Waals surface area contributed by atoms with Crippen LogP contribution in [0.25, 0.3) is 0 Å². The lowest BCUT2D eigenvalue weighted by Crippen LogP contribution is -2.30. The van der Waals surface area contributed by atoms with Gasteiger partial charge in [0.25, 0.3) is 0 Å². The molecule has 0 aromatic carbocycles. The predicted octanol–water partition coefficient (Wildman–Crippen LogP) is 19.8. The van der Waals surface area contributed by atoms with Gasteiger partial charge < -0.3 is 14.2 Å². The Labute approximate surface area is 427 Å². The number of hydrogen-bond donors (Lipinski definition) is 0. The average molecular weight is 964 g/mol. The van der Waals surface area contributed by atoms with Gasteiger partial charge in [0, 0.05) is 19.3 Å². The van der Waals surface area contributed by atoms with E-state index in [-0.39, 0.29) is 31.1 Å². The molecule has 0 aliphatic heterocycles. The summed E-state index contributed by atoms with van der Waals surface area (Å²) in [6.07, 6.45) is 73.8. The number of unbranched alkanes of at least 4 members (excludes halogenated alkanes) is 30. The molecule has 0 amide bonds. The Morgan fingerprint density at radius 1 is 0.304 bits per heavy atom. The zero-order valence-electron chi connectivity index (χ0n) is 45.6. The van der Waals surface area contributed by atoms with Gasteiger partial charge in [-0.25, -0.2) is 0 Å². The van der Waals surface area contributed by atoms with Crippen molar-refractivity contribution in [3.05, 3.63) is 72.9 Å². The fourth-order valence-electron chi connectivity index (χ4n) is 8.33. The van der Waals surface area contributed by atoms with Crippen molar-refractivity contribution in [3.8, 4) is 0 Å². The molecule has 6 nitrogen and oxygen atoms in total. The van der Waals surface area contributed by atoms with Gasteiger partial charge in [-0.15, -0.1) is 0 Å². The first-order chi connectivity index (χ1) is 34.0. The summed E-state index contributed by atoms with van der Waals surface area (Å²) in [5.74, 6) is -0.871. The minimum absolute atomic E-state index is 0.0698. The number of hydrogen-bond acceptors (Lipinski definition) is 6. The summed E-state index contributed by atoms with van der Waals surface area (Å²) in [5.41, 5.74) is 0. The van der Waals surface area contributed by atoms with Crippen LogP contribution in [-0.2, 0) is 28.6 Å². The molecule has 0 aromatic heterocycles. The van der Waals surface area contributed by atoms with E-state index in [1.807, 2.05) is 0 Å². The monoisotopic (exact) mass is 963 g/mol. The Morgan fingerprint density at radius 3 is 0.884 bits per heavy atom. The van der Waals surface area contributed by atoms with Crippen molar-refractivity contribution in [2.75, 3.05) is 13.2 Å². The van der Waals surface area contributed by atoms with Crippen LogP contribution in [0.15, 0.2) is 72.9 Å². The molecule has 69 heavy (non-hydrogen) atoms. The highest BCUT2D eigenvalue weighted by Crippen LogP contribution is 2.16. The molecule has 0 heterocycles. The second kappa shape index (κ2) is 57.4. The van der Waals surface area contributed by atoms with Crippen molar-refractivity contribution in [1.82, 2.24) is 0 Å². The summed E-state index contributed by atoms with van der Waals surface area (Å²) >= 11 is 0. The van der Waals surface area contributed by atoms with Crippen molar-refractivity contribution in [2.24, 2.45) is 0 Å². The number of carbonyl (C=O) groups excluding carboxylic acids is 3. The Balaban J connectivity index is 3.90. The van der Waals surface area contributed by atoms with Crippen LogP contribution in [0.1, 0.15) is 290 Å². The molecule has 0 bridgehead atoms. The molecule has 398 valence electrons. The van der Waals surface area contributed by atoms with Crippen molar-refractivity contribution in [3.63, 3.8) is 0 Å². The van der Waals surface area contributed by atoms with Gasteiger partial charge in [0.15, 0.2) is 6.10 Å². The number of esters is 3. The van der Waals surface area contributed by atoms with E-state index in [0.717, 1.165) is 96.3 Å². The molecule has 0 aliphatic carbocycles. The Morgan fingerprint density at radius 2 is 0.565 bits per heavy atom. The molecule has 0 fully saturated rings. The van der Waals surface area contributed by atoms with Crippen molar-refractivity contribution >= 4 is 17.9 Å². The SMILES string of the molecule is CC/C=C\C/C=C\C/C=C\C/C=C\C/C=C\C/C=C\CCCCCCCCCCCCCCCCCCC(=O)OCC(COC(=O)CCCCCCCCCC)OC(=O)CCCCCCCCCC. The van der Waals surface area contributed by atoms with Gasteiger partial charge in [0.1, 0.15) is 13.2 Å². The lowest BCUT2D eigenvalue weighted by Gasteiger charge is -2.18. The highest BCUT2D eigenvalue weighted by Gasteiger charge is 2.19. The molecule has 6 heteroatoms. The number of ether oxygens (including phenoxy) is 3. The molecule has 0 rings (SSSR count). The van der Waals surface area contributed by atoms with Crippen LogP contribution in [0.3, 0.4) is 0 Å². The number of allylic oxidation sites excluding steroid dienone is 12. The van der Waals surface area contributed by atoms with Crippen molar-refractivity contribution in [1.29, 1.82) is 0 Å². The topological polar surface area (TPSA) is 78.9 Å². The van der Waals surface area contributed by atoms with Gasteiger partial charge in [0.2, 0.25) is 0 Å². The van der Waals surface area contributed by atoms with Crippen LogP contribution in [-0.4, -0.2) is 37.2 Å². The van der Waals surface area contributed by atoms with E-state index in [1.54, 1.807) is 0 Å². The second-order valence-corrected chi connectivity index (χ2v) is 19.5. The van der Waals surface area contributed by atoms with E-state index in [2.05, 4.69) is 93.7 Å². The van der Waals surface area contributed by atoms with Crippen LogP contribution < -0.4 is 0 Å². The molecular formula is C63H110O6. The molecule has 0 radical (unpaired) electrons. The standard InChI is InChI=1S/C63H110O6/c1-4-7-10-13-16-19-20-21-22-23-24-25-26-27-28-29-30-31-32-33-34-35-36-37-38-39-40-41-42-43-44-45-48-50-53-56-62(65)68-59-60(69-63(66)57-54-51-47-18-15-12-9-6-3)58-67-61(64)55-52-49-46-17-14-11-8-5-2/h7,10,16,19,21-22,24-25,27-28,30-31,60H,4-6,8-9,11-15,17-18,20,23,26,29,32-59H2,1-3H3/b10-7-,19-16-,22-21-,25-24-,28-27-,31-30-. The molecule has 0 aromatic rings. The van der Waals surface area contributed by atoms with E-state index >= 15 is 0 Å². The van der Waals surface area contributed by atoms with Gasteiger partial charge in [-0.2, -0.15) is 0 Å². The molecular weight excluding hydrogens is 853 g/mol. The first-order valence-corrected chi connectivity index (χ1v) is 29.4. The third kappa shape index (κ3) is 55.6. The maximum Gasteiger partial charge on any atom is 0.306 e. The Bertz CT molecular complexity index is 1290. The molecule has 0 aliphatic rings. The zero-order chi connectivity index (χ0) is 50.0. The third-order valence-corrected chi connectivity index (χ3v) is 12.7. The van der Waals surface area contributed by atoms with E-state index in [1.165, 1.54) is 154 Å². The van der Waals surface area contributed by atoms with Crippen LogP contribution in [0.5, 0.6) is 0 Å². The van der Waals surface area contributed by atoms with Crippen LogP contribution >= 0.6 is 0 Å². The van der Waals surface area contributed by atoms with E-state index in [0.29, 0.717) is 19.3 Å². The summed E-state index contributed by atoms with van der Waals surface area (Å²) in [4.78, 5) is 37.7. The highest BCUT2D eigenvalue weighted by molar-refractivity contribution is 5.71. The second-order valence-electron chi connectivity index (χ2n) is 19.5. The lowest BCUT2D eigenvalue weighted by atomic mass is 10.0. The fourth-order valence-corrected chi connectivity index (χ4v) is 8.33. The molecule has 0 saturated carbocycles. The third-order valence-electron chi connectivity index (χ3n) is 12.7. The Kier molecular flexibility index (Phi) is 54.8. The van der Waals surface area contributed by atoms with E-state index in [9.17, 15) is 14.4 Å². The minimum atomic E-state index is -0.765. The number of rotatable bonds is 53. The molecule has 1 unspecified atom stereocenters. The lowest BCUT2D eigenvalue weighted by molar-refractivity contribution is -0.167. The number of carbonyl (C=O) groups is 3. The maximum absolute atomic E-state index is 12.7. The molecule has 1 atom stereocenters. The molecule has 0 saturated heterocycles. The summed E-state index contributed by atoms with van der Waals surface area (Å²) in [6, 6.07) is 0. The van der Waals surface area contributed by atoms with E-state index < -0.39 is 6.10 Å². The van der Waals surface area contributed by atoms with Gasteiger partial charge >= 0.3 is 17.9 Å². The van der Waals surface area contributed by atoms with Crippen LogP contribution in [0.4, 0.5) is 0 Å². The van der Waals surface area contributed by atoms with Crippen molar-refractivity contribution in [2.45, 2.75) is 297 Å². The molecule has 0 spiro atoms. The molecule has 0 N–H and O–H groups in total. The van der Waals surface area contributed by atoms with Crippen LogP contribution in [0, 0.1) is 0 Å². The quantitative estimate of drug-likeness (QED) is 0.0262. The summed E-state index contributed by atoms with van der Waals surface area (Å²) < 4.78 is 16.7. The van der Waals surface area contributed by atoms with Gasteiger partial charge in [-0.05, 0) is 70.6 Å². The van der Waals surface area contributed by atoms with Crippen molar-refractivity contribution < 1.29 is 28.6 Å². The Hall–Kier alpha value is -3.15. The zero-order valence-corrected chi connectivity index (χ0v) is 45.6. The predicted molar refractivity (Wildman–Crippen MR) is 298 cm³/mol. The normalized spacial score (nSPS) is 12.6. The summed E-state index contributed by atoms with van der Waals surface area (Å²) in [5, 5.41) is 0. The van der Waals surface area contributed by atoms with Crippen LogP contribution in [0.2, 0.25) is 0 Å². The summed E-state index contributed by atoms with van der Waals surface area (Å²) in [6.45, 7) is 6.48. The maximum atomic E-state index is 12.7. The average Bonchev–Trinajstić information content (AvgIpc) is 3.35. The minimum Gasteiger partial charge on any atom is -0.462 e. The van der Waals surface area contributed by atoms with E-state index in [4.69, 9.17) is 14.2 Å². The first-order valence-electron chi connectivity index (χ1n) is 29.4. The van der Waals surface area contributed by atoms with Gasteiger partial charge in [-0.3, -0.25) is 14.4 Å². The first kappa shape index (κ1) is 65.8.